The fraction of sp³-hybridized carbons (Fsp3) is 0.259. The molecule has 3 aromatic rings. The summed E-state index contributed by atoms with van der Waals surface area (Å²) in [4.78, 5) is 28.5. The fourth-order valence-corrected chi connectivity index (χ4v) is 3.57. The van der Waals surface area contributed by atoms with Crippen molar-refractivity contribution in [3.8, 4) is 0 Å². The van der Waals surface area contributed by atoms with E-state index in [1.807, 2.05) is 91.0 Å². The van der Waals surface area contributed by atoms with Crippen LogP contribution in [0.25, 0.3) is 0 Å². The van der Waals surface area contributed by atoms with Crippen molar-refractivity contribution in [2.75, 3.05) is 6.54 Å². The lowest BCUT2D eigenvalue weighted by Gasteiger charge is -2.32. The highest BCUT2D eigenvalue weighted by molar-refractivity contribution is 5.89. The van der Waals surface area contributed by atoms with Gasteiger partial charge in [-0.3, -0.25) is 9.59 Å². The lowest BCUT2D eigenvalue weighted by atomic mass is 10.0. The maximum atomic E-state index is 13.5. The van der Waals surface area contributed by atoms with Crippen LogP contribution in [0.2, 0.25) is 0 Å². The maximum Gasteiger partial charge on any atom is 0.247 e. The van der Waals surface area contributed by atoms with Crippen LogP contribution in [0.3, 0.4) is 0 Å². The van der Waals surface area contributed by atoms with E-state index in [1.165, 1.54) is 0 Å². The van der Waals surface area contributed by atoms with E-state index in [0.29, 0.717) is 13.1 Å². The van der Waals surface area contributed by atoms with Crippen molar-refractivity contribution in [1.29, 1.82) is 0 Å². The fourth-order valence-electron chi connectivity index (χ4n) is 3.57. The third kappa shape index (κ3) is 6.54. The van der Waals surface area contributed by atoms with Crippen molar-refractivity contribution in [2.24, 2.45) is 0 Å². The van der Waals surface area contributed by atoms with Crippen LogP contribution in [-0.2, 0) is 22.6 Å². The summed E-state index contributed by atoms with van der Waals surface area (Å²) < 4.78 is 0. The Bertz CT molecular complexity index is 943. The lowest BCUT2D eigenvalue weighted by molar-refractivity contribution is -0.141. The summed E-state index contributed by atoms with van der Waals surface area (Å²) >= 11 is 0. The van der Waals surface area contributed by atoms with E-state index in [0.717, 1.165) is 29.5 Å². The molecule has 0 saturated carbocycles. The van der Waals surface area contributed by atoms with Crippen LogP contribution in [0.1, 0.15) is 42.5 Å². The molecule has 0 saturated heterocycles. The molecule has 0 unspecified atom stereocenters. The van der Waals surface area contributed by atoms with Gasteiger partial charge in [-0.1, -0.05) is 104 Å². The van der Waals surface area contributed by atoms with Gasteiger partial charge >= 0.3 is 0 Å². The highest BCUT2D eigenvalue weighted by Crippen LogP contribution is 2.25. The molecule has 0 bridgehead atoms. The van der Waals surface area contributed by atoms with E-state index >= 15 is 0 Å². The average Bonchev–Trinajstić information content (AvgIpc) is 2.81. The number of rotatable bonds is 10. The number of hydrogen-bond acceptors (Lipinski definition) is 2. The number of amides is 2. The Morgan fingerprint density at radius 2 is 1.35 bits per heavy atom. The predicted molar refractivity (Wildman–Crippen MR) is 124 cm³/mol. The lowest BCUT2D eigenvalue weighted by Crippen LogP contribution is -2.44. The summed E-state index contributed by atoms with van der Waals surface area (Å²) in [6, 6.07) is 28.4. The summed E-state index contributed by atoms with van der Waals surface area (Å²) in [5.74, 6) is -0.216. The van der Waals surface area contributed by atoms with Crippen molar-refractivity contribution in [3.63, 3.8) is 0 Å². The minimum Gasteiger partial charge on any atom is -0.354 e. The topological polar surface area (TPSA) is 49.4 Å². The molecule has 0 spiro atoms. The predicted octanol–water partition coefficient (Wildman–Crippen LogP) is 4.92. The first-order valence-corrected chi connectivity index (χ1v) is 10.9. The Morgan fingerprint density at radius 1 is 0.806 bits per heavy atom. The van der Waals surface area contributed by atoms with Crippen molar-refractivity contribution >= 4 is 11.8 Å². The standard InChI is InChI=1S/C27H30N2O2/c1-2-3-19-28-27(31)26(24-17-11-6-12-18-24)29(21-23-15-9-5-10-16-23)25(30)20-22-13-7-4-8-14-22/h4-18,26H,2-3,19-21H2,1H3,(H,28,31)/t26-/m1/s1. The molecular formula is C27H30N2O2. The minimum atomic E-state index is -0.686. The SMILES string of the molecule is CCCCNC(=O)[C@@H](c1ccccc1)N(Cc1ccccc1)C(=O)Cc1ccccc1. The van der Waals surface area contributed by atoms with Crippen LogP contribution in [0.4, 0.5) is 0 Å². The highest BCUT2D eigenvalue weighted by Gasteiger charge is 2.31. The first-order valence-electron chi connectivity index (χ1n) is 10.9. The molecule has 2 amide bonds. The van der Waals surface area contributed by atoms with Gasteiger partial charge in [0.15, 0.2) is 0 Å². The molecule has 4 nitrogen and oxygen atoms in total. The van der Waals surface area contributed by atoms with Crippen molar-refractivity contribution in [1.82, 2.24) is 10.2 Å². The smallest absolute Gasteiger partial charge is 0.247 e. The molecule has 0 heterocycles. The molecule has 160 valence electrons. The van der Waals surface area contributed by atoms with Gasteiger partial charge < -0.3 is 10.2 Å². The maximum absolute atomic E-state index is 13.5. The van der Waals surface area contributed by atoms with Crippen LogP contribution in [0.15, 0.2) is 91.0 Å². The molecule has 3 rings (SSSR count). The van der Waals surface area contributed by atoms with Gasteiger partial charge in [-0.2, -0.15) is 0 Å². The molecule has 1 atom stereocenters. The van der Waals surface area contributed by atoms with Gasteiger partial charge in [-0.05, 0) is 23.1 Å². The Kier molecular flexibility index (Phi) is 8.41. The quantitative estimate of drug-likeness (QED) is 0.479. The number of benzene rings is 3. The Labute approximate surface area is 184 Å². The molecule has 0 fully saturated rings. The van der Waals surface area contributed by atoms with Gasteiger partial charge in [0.05, 0.1) is 6.42 Å². The molecular weight excluding hydrogens is 384 g/mol. The van der Waals surface area contributed by atoms with Crippen molar-refractivity contribution in [3.05, 3.63) is 108 Å². The van der Waals surface area contributed by atoms with Crippen molar-refractivity contribution in [2.45, 2.75) is 38.8 Å². The molecule has 1 N–H and O–H groups in total. The first-order chi connectivity index (χ1) is 15.2. The second-order valence-corrected chi connectivity index (χ2v) is 7.63. The Balaban J connectivity index is 1.94. The number of unbranched alkanes of at least 4 members (excludes halogenated alkanes) is 1. The van der Waals surface area contributed by atoms with Crippen LogP contribution in [-0.4, -0.2) is 23.3 Å². The van der Waals surface area contributed by atoms with Gasteiger partial charge in [0, 0.05) is 13.1 Å². The third-order valence-electron chi connectivity index (χ3n) is 5.22. The zero-order valence-electron chi connectivity index (χ0n) is 18.0. The summed E-state index contributed by atoms with van der Waals surface area (Å²) in [5, 5.41) is 3.03. The summed E-state index contributed by atoms with van der Waals surface area (Å²) in [5.41, 5.74) is 2.74. The number of carbonyl (C=O) groups is 2. The molecule has 3 aromatic carbocycles. The number of nitrogens with zero attached hydrogens (tertiary/aromatic N) is 1. The number of nitrogens with one attached hydrogen (secondary N) is 1. The van der Waals surface area contributed by atoms with Gasteiger partial charge in [0.1, 0.15) is 6.04 Å². The monoisotopic (exact) mass is 414 g/mol. The normalized spacial score (nSPS) is 11.5. The summed E-state index contributed by atoms with van der Waals surface area (Å²) in [6.45, 7) is 3.06. The van der Waals surface area contributed by atoms with E-state index in [1.54, 1.807) is 4.90 Å². The van der Waals surface area contributed by atoms with Crippen LogP contribution in [0, 0.1) is 0 Å². The number of carbonyl (C=O) groups excluding carboxylic acids is 2. The molecule has 0 aliphatic heterocycles. The largest absolute Gasteiger partial charge is 0.354 e. The van der Waals surface area contributed by atoms with Crippen LogP contribution >= 0.6 is 0 Å². The van der Waals surface area contributed by atoms with Crippen LogP contribution < -0.4 is 5.32 Å². The molecule has 0 aliphatic rings. The van der Waals surface area contributed by atoms with E-state index < -0.39 is 6.04 Å². The second kappa shape index (κ2) is 11.7. The second-order valence-electron chi connectivity index (χ2n) is 7.63. The van der Waals surface area contributed by atoms with E-state index in [4.69, 9.17) is 0 Å². The zero-order valence-corrected chi connectivity index (χ0v) is 18.0. The molecule has 0 aliphatic carbocycles. The van der Waals surface area contributed by atoms with Gasteiger partial charge in [0.2, 0.25) is 11.8 Å². The Hall–Kier alpha value is -3.40. The molecule has 0 radical (unpaired) electrons. The van der Waals surface area contributed by atoms with Crippen LogP contribution in [0.5, 0.6) is 0 Å². The molecule has 0 aromatic heterocycles. The number of hydrogen-bond donors (Lipinski definition) is 1. The van der Waals surface area contributed by atoms with Gasteiger partial charge in [0.25, 0.3) is 0 Å². The summed E-state index contributed by atoms with van der Waals surface area (Å²) in [7, 11) is 0. The first kappa shape index (κ1) is 22.3. The minimum absolute atomic E-state index is 0.0745. The van der Waals surface area contributed by atoms with E-state index in [9.17, 15) is 9.59 Å². The van der Waals surface area contributed by atoms with E-state index in [2.05, 4.69) is 12.2 Å². The van der Waals surface area contributed by atoms with E-state index in [-0.39, 0.29) is 18.2 Å². The molecule has 31 heavy (non-hydrogen) atoms. The third-order valence-corrected chi connectivity index (χ3v) is 5.22. The Morgan fingerprint density at radius 3 is 1.94 bits per heavy atom. The average molecular weight is 415 g/mol. The van der Waals surface area contributed by atoms with Crippen molar-refractivity contribution < 1.29 is 9.59 Å². The van der Waals surface area contributed by atoms with Gasteiger partial charge in [-0.25, -0.2) is 0 Å². The highest BCUT2D eigenvalue weighted by atomic mass is 16.2. The summed E-state index contributed by atoms with van der Waals surface area (Å²) in [6.07, 6.45) is 2.15. The molecule has 4 heteroatoms. The van der Waals surface area contributed by atoms with Gasteiger partial charge in [-0.15, -0.1) is 0 Å². The zero-order chi connectivity index (χ0) is 21.9.